The number of alkyl halides is 7. The number of halogens is 8. The highest BCUT2D eigenvalue weighted by Gasteiger charge is 2.73. The Balaban J connectivity index is 1.62. The molecular formula is C29H24F8N2O3S. The van der Waals surface area contributed by atoms with E-state index in [9.17, 15) is 48.3 Å². The molecular weight excluding hydrogens is 608 g/mol. The SMILES string of the molecule is O=C(NCc1ccncc1)[C@@H]1CC[C@@]2(S(=O)(=O)c3ccc(F)cc3)c3ccc(C(F)(C(F)(F)F)C(F)(F)F)cc3CC[C@@H]12. The number of hydrogen-bond acceptors (Lipinski definition) is 4. The fraction of sp³-hybridized carbons (Fsp3) is 0.379. The van der Waals surface area contributed by atoms with Gasteiger partial charge in [0.15, 0.2) is 9.84 Å². The van der Waals surface area contributed by atoms with E-state index in [1.54, 1.807) is 12.1 Å². The third-order valence-corrected chi connectivity index (χ3v) is 11.1. The van der Waals surface area contributed by atoms with Crippen LogP contribution in [0.5, 0.6) is 0 Å². The standard InChI is InChI=1S/C29H24F8N2O3S/c30-20-3-5-21(6-4-20)43(41,42)26-12-9-22(25(40)39-16-17-10-13-38-14-11-17)24(26)7-1-18-15-19(2-8-23(18)26)27(31,28(32,33)34)29(35,36)37/h2-6,8,10-11,13-15,22,24H,1,7,9,12,16H2,(H,39,40)/t22-,24+,26-/m1/s1. The molecule has 230 valence electrons. The van der Waals surface area contributed by atoms with Gasteiger partial charge in [-0.1, -0.05) is 18.2 Å². The largest absolute Gasteiger partial charge is 0.435 e. The second-order valence-corrected chi connectivity index (χ2v) is 12.9. The molecule has 43 heavy (non-hydrogen) atoms. The number of aromatic nitrogens is 1. The molecule has 2 aliphatic carbocycles. The van der Waals surface area contributed by atoms with Crippen LogP contribution in [0.1, 0.15) is 41.5 Å². The average Bonchev–Trinajstić information content (AvgIpc) is 3.37. The van der Waals surface area contributed by atoms with Gasteiger partial charge in [0.1, 0.15) is 10.6 Å². The maximum Gasteiger partial charge on any atom is 0.435 e. The van der Waals surface area contributed by atoms with Crippen molar-refractivity contribution in [3.05, 3.63) is 95.1 Å². The number of aryl methyl sites for hydroxylation is 1. The van der Waals surface area contributed by atoms with E-state index >= 15 is 0 Å². The first-order valence-corrected chi connectivity index (χ1v) is 14.7. The zero-order valence-electron chi connectivity index (χ0n) is 22.1. The summed E-state index contributed by atoms with van der Waals surface area (Å²) in [6.45, 7) is 0.107. The van der Waals surface area contributed by atoms with Gasteiger partial charge in [0.25, 0.3) is 0 Å². The molecule has 1 heterocycles. The molecule has 2 aliphatic rings. The van der Waals surface area contributed by atoms with Crippen molar-refractivity contribution >= 4 is 15.7 Å². The van der Waals surface area contributed by atoms with E-state index in [1.165, 1.54) is 12.4 Å². The van der Waals surface area contributed by atoms with E-state index < -0.39 is 61.7 Å². The van der Waals surface area contributed by atoms with Crippen LogP contribution in [0, 0.1) is 17.7 Å². The van der Waals surface area contributed by atoms with E-state index in [-0.39, 0.29) is 48.3 Å². The Labute approximate surface area is 241 Å². The molecule has 0 bridgehead atoms. The van der Waals surface area contributed by atoms with Gasteiger partial charge in [-0.2, -0.15) is 26.3 Å². The quantitative estimate of drug-likeness (QED) is 0.250. The first-order chi connectivity index (χ1) is 20.0. The molecule has 2 aromatic carbocycles. The summed E-state index contributed by atoms with van der Waals surface area (Å²) < 4.78 is 136. The molecule has 5 nitrogen and oxygen atoms in total. The maximum absolute atomic E-state index is 14.9. The van der Waals surface area contributed by atoms with Crippen LogP contribution in [0.4, 0.5) is 35.1 Å². The molecule has 1 fully saturated rings. The van der Waals surface area contributed by atoms with Crippen LogP contribution in [-0.4, -0.2) is 31.7 Å². The molecule has 1 aromatic heterocycles. The number of nitrogens with zero attached hydrogens (tertiary/aromatic N) is 1. The summed E-state index contributed by atoms with van der Waals surface area (Å²) in [6.07, 6.45) is -10.1. The maximum atomic E-state index is 14.9. The van der Waals surface area contributed by atoms with Crippen molar-refractivity contribution in [2.45, 2.75) is 59.9 Å². The van der Waals surface area contributed by atoms with E-state index in [2.05, 4.69) is 10.3 Å². The Kier molecular flexibility index (Phi) is 7.59. The van der Waals surface area contributed by atoms with Crippen molar-refractivity contribution in [1.82, 2.24) is 10.3 Å². The van der Waals surface area contributed by atoms with Crippen LogP contribution < -0.4 is 5.32 Å². The third-order valence-electron chi connectivity index (χ3n) is 8.53. The Morgan fingerprint density at radius 2 is 1.53 bits per heavy atom. The van der Waals surface area contributed by atoms with Crippen LogP contribution >= 0.6 is 0 Å². The van der Waals surface area contributed by atoms with Crippen molar-refractivity contribution in [3.8, 4) is 0 Å². The molecule has 1 saturated carbocycles. The zero-order valence-corrected chi connectivity index (χ0v) is 23.0. The Morgan fingerprint density at radius 3 is 2.14 bits per heavy atom. The molecule has 3 aromatic rings. The van der Waals surface area contributed by atoms with Crippen molar-refractivity contribution < 1.29 is 48.3 Å². The Hall–Kier alpha value is -3.55. The Morgan fingerprint density at radius 1 is 0.907 bits per heavy atom. The van der Waals surface area contributed by atoms with Gasteiger partial charge in [-0.15, -0.1) is 0 Å². The number of hydrogen-bond donors (Lipinski definition) is 1. The monoisotopic (exact) mass is 632 g/mol. The second kappa shape index (κ2) is 10.6. The number of benzene rings is 2. The fourth-order valence-electron chi connectivity index (χ4n) is 6.51. The first kappa shape index (κ1) is 30.9. The minimum absolute atomic E-state index is 0.0343. The smallest absolute Gasteiger partial charge is 0.352 e. The minimum atomic E-state index is -6.35. The van der Waals surface area contributed by atoms with Gasteiger partial charge in [-0.05, 0) is 84.7 Å². The lowest BCUT2D eigenvalue weighted by Crippen LogP contribution is -2.51. The first-order valence-electron chi connectivity index (χ1n) is 13.2. The molecule has 1 N–H and O–H groups in total. The summed E-state index contributed by atoms with van der Waals surface area (Å²) in [5, 5.41) is 2.77. The molecule has 14 heteroatoms. The second-order valence-electron chi connectivity index (χ2n) is 10.7. The third kappa shape index (κ3) is 4.87. The predicted molar refractivity (Wildman–Crippen MR) is 137 cm³/mol. The number of pyridine rings is 1. The number of sulfone groups is 1. The van der Waals surface area contributed by atoms with Crippen molar-refractivity contribution in [3.63, 3.8) is 0 Å². The highest BCUT2D eigenvalue weighted by molar-refractivity contribution is 7.92. The predicted octanol–water partition coefficient (Wildman–Crippen LogP) is 6.47. The number of fused-ring (bicyclic) bond motifs is 3. The van der Waals surface area contributed by atoms with Crippen molar-refractivity contribution in [1.29, 1.82) is 0 Å². The lowest BCUT2D eigenvalue weighted by atomic mass is 9.72. The number of rotatable bonds is 6. The summed E-state index contributed by atoms with van der Waals surface area (Å²) in [5.41, 5.74) is -7.00. The molecule has 0 radical (unpaired) electrons. The summed E-state index contributed by atoms with van der Waals surface area (Å²) in [6, 6.07) is 8.69. The lowest BCUT2D eigenvalue weighted by molar-refractivity contribution is -0.348. The molecule has 0 saturated heterocycles. The summed E-state index contributed by atoms with van der Waals surface area (Å²) in [7, 11) is -4.52. The molecule has 1 amide bonds. The molecule has 5 rings (SSSR count). The van der Waals surface area contributed by atoms with Gasteiger partial charge in [0.05, 0.1) is 4.90 Å². The van der Waals surface area contributed by atoms with Crippen LogP contribution in [0.2, 0.25) is 0 Å². The minimum Gasteiger partial charge on any atom is -0.352 e. The Bertz CT molecular complexity index is 1610. The number of amides is 1. The zero-order chi connectivity index (χ0) is 31.4. The van der Waals surface area contributed by atoms with Crippen LogP contribution in [0.3, 0.4) is 0 Å². The number of carbonyl (C=O) groups excluding carboxylic acids is 1. The van der Waals surface area contributed by atoms with E-state index in [1.807, 2.05) is 0 Å². The molecule has 0 unspecified atom stereocenters. The molecule has 0 aliphatic heterocycles. The van der Waals surface area contributed by atoms with Gasteiger partial charge in [0.2, 0.25) is 5.91 Å². The van der Waals surface area contributed by atoms with Gasteiger partial charge < -0.3 is 5.32 Å². The van der Waals surface area contributed by atoms with Crippen molar-refractivity contribution in [2.75, 3.05) is 0 Å². The van der Waals surface area contributed by atoms with Gasteiger partial charge in [-0.25, -0.2) is 17.2 Å². The van der Waals surface area contributed by atoms with Gasteiger partial charge in [0, 0.05) is 30.4 Å². The fourth-order valence-corrected chi connectivity index (χ4v) is 8.99. The summed E-state index contributed by atoms with van der Waals surface area (Å²) in [4.78, 5) is 16.9. The molecule has 0 spiro atoms. The van der Waals surface area contributed by atoms with Crippen LogP contribution in [0.25, 0.3) is 0 Å². The highest BCUT2D eigenvalue weighted by Crippen LogP contribution is 2.60. The van der Waals surface area contributed by atoms with Crippen LogP contribution in [0.15, 0.2) is 71.9 Å². The summed E-state index contributed by atoms with van der Waals surface area (Å²) in [5.74, 6) is -3.02. The lowest BCUT2D eigenvalue weighted by Gasteiger charge is -2.42. The van der Waals surface area contributed by atoms with Crippen molar-refractivity contribution in [2.24, 2.45) is 11.8 Å². The average molecular weight is 633 g/mol. The van der Waals surface area contributed by atoms with E-state index in [0.717, 1.165) is 35.9 Å². The number of nitrogens with one attached hydrogen (secondary N) is 1. The van der Waals surface area contributed by atoms with Gasteiger partial charge in [-0.3, -0.25) is 9.78 Å². The van der Waals surface area contributed by atoms with E-state index in [4.69, 9.17) is 0 Å². The van der Waals surface area contributed by atoms with Crippen LogP contribution in [-0.2, 0) is 38.0 Å². The van der Waals surface area contributed by atoms with Gasteiger partial charge >= 0.3 is 18.0 Å². The highest BCUT2D eigenvalue weighted by atomic mass is 32.2. The number of carbonyl (C=O) groups is 1. The molecule has 3 atom stereocenters. The normalized spacial score (nSPS) is 22.5. The van der Waals surface area contributed by atoms with E-state index in [0.29, 0.717) is 12.1 Å². The summed E-state index contributed by atoms with van der Waals surface area (Å²) >= 11 is 0. The topological polar surface area (TPSA) is 76.1 Å².